The minimum absolute atomic E-state index is 0.00484. The number of benzene rings is 1. The molecule has 0 aliphatic rings. The first kappa shape index (κ1) is 19.6. The van der Waals surface area contributed by atoms with E-state index < -0.39 is 31.7 Å². The van der Waals surface area contributed by atoms with Crippen molar-refractivity contribution in [2.24, 2.45) is 5.92 Å². The van der Waals surface area contributed by atoms with Gasteiger partial charge >= 0.3 is 5.97 Å². The minimum Gasteiger partial charge on any atom is -0.481 e. The second-order valence-corrected chi connectivity index (χ2v) is 9.47. The van der Waals surface area contributed by atoms with Crippen molar-refractivity contribution in [3.8, 4) is 0 Å². The molecule has 1 N–H and O–H groups in total. The molecule has 0 amide bonds. The standard InChI is InChI=1S/C14H21NO6S2/c1-4-9-22(18,19)12-5-7-13(8-6-12)23(20,21)15(3)10-11(2)14(16)17/h5-8,11H,4,9-10H2,1-3H3,(H,16,17). The highest BCUT2D eigenvalue weighted by Gasteiger charge is 2.25. The number of nitrogens with zero attached hydrogens (tertiary/aromatic N) is 1. The summed E-state index contributed by atoms with van der Waals surface area (Å²) in [5.41, 5.74) is 0. The number of rotatable bonds is 8. The van der Waals surface area contributed by atoms with Crippen molar-refractivity contribution in [1.82, 2.24) is 4.31 Å². The molecule has 23 heavy (non-hydrogen) atoms. The van der Waals surface area contributed by atoms with Gasteiger partial charge in [-0.05, 0) is 30.7 Å². The van der Waals surface area contributed by atoms with Gasteiger partial charge in [0.1, 0.15) is 0 Å². The van der Waals surface area contributed by atoms with E-state index in [-0.39, 0.29) is 22.1 Å². The zero-order chi connectivity index (χ0) is 17.8. The topological polar surface area (TPSA) is 109 Å². The van der Waals surface area contributed by atoms with Gasteiger partial charge in [-0.1, -0.05) is 13.8 Å². The molecular formula is C14H21NO6S2. The molecule has 1 atom stereocenters. The largest absolute Gasteiger partial charge is 0.481 e. The quantitative estimate of drug-likeness (QED) is 0.743. The summed E-state index contributed by atoms with van der Waals surface area (Å²) >= 11 is 0. The summed E-state index contributed by atoms with van der Waals surface area (Å²) in [6.07, 6.45) is 0.470. The Balaban J connectivity index is 3.05. The van der Waals surface area contributed by atoms with Crippen molar-refractivity contribution in [3.05, 3.63) is 24.3 Å². The van der Waals surface area contributed by atoms with Crippen molar-refractivity contribution in [2.75, 3.05) is 19.3 Å². The SMILES string of the molecule is CCCS(=O)(=O)c1ccc(S(=O)(=O)N(C)CC(C)C(=O)O)cc1. The van der Waals surface area contributed by atoms with E-state index in [1.807, 2.05) is 0 Å². The fourth-order valence-electron chi connectivity index (χ4n) is 1.95. The normalized spacial score (nSPS) is 13.9. The Labute approximate surface area is 136 Å². The smallest absolute Gasteiger partial charge is 0.307 e. The zero-order valence-electron chi connectivity index (χ0n) is 13.3. The van der Waals surface area contributed by atoms with Crippen molar-refractivity contribution in [1.29, 1.82) is 0 Å². The predicted molar refractivity (Wildman–Crippen MR) is 85.4 cm³/mol. The molecule has 0 fully saturated rings. The van der Waals surface area contributed by atoms with E-state index >= 15 is 0 Å². The summed E-state index contributed by atoms with van der Waals surface area (Å²) in [4.78, 5) is 10.8. The molecule has 0 aliphatic heterocycles. The number of aliphatic carboxylic acids is 1. The van der Waals surface area contributed by atoms with Gasteiger partial charge in [0.15, 0.2) is 9.84 Å². The third-order valence-corrected chi connectivity index (χ3v) is 7.09. The number of carbonyl (C=O) groups is 1. The van der Waals surface area contributed by atoms with Crippen LogP contribution < -0.4 is 0 Å². The van der Waals surface area contributed by atoms with E-state index in [1.54, 1.807) is 6.92 Å². The average molecular weight is 363 g/mol. The molecule has 9 heteroatoms. The maximum absolute atomic E-state index is 12.4. The first-order valence-electron chi connectivity index (χ1n) is 7.04. The molecule has 1 aromatic carbocycles. The summed E-state index contributed by atoms with van der Waals surface area (Å²) in [7, 11) is -5.99. The van der Waals surface area contributed by atoms with Gasteiger partial charge in [-0.15, -0.1) is 0 Å². The van der Waals surface area contributed by atoms with Crippen LogP contribution in [-0.2, 0) is 24.7 Å². The molecule has 130 valence electrons. The maximum Gasteiger partial charge on any atom is 0.307 e. The Morgan fingerprint density at radius 3 is 2.04 bits per heavy atom. The van der Waals surface area contributed by atoms with Crippen LogP contribution in [0.15, 0.2) is 34.1 Å². The van der Waals surface area contributed by atoms with Crippen LogP contribution in [-0.4, -0.2) is 51.6 Å². The second-order valence-electron chi connectivity index (χ2n) is 5.32. The van der Waals surface area contributed by atoms with Gasteiger partial charge in [-0.2, -0.15) is 0 Å². The molecule has 0 radical (unpaired) electrons. The molecule has 0 bridgehead atoms. The van der Waals surface area contributed by atoms with Crippen molar-refractivity contribution < 1.29 is 26.7 Å². The first-order valence-corrected chi connectivity index (χ1v) is 10.1. The van der Waals surface area contributed by atoms with Crippen LogP contribution in [0.1, 0.15) is 20.3 Å². The fourth-order valence-corrected chi connectivity index (χ4v) is 4.53. The van der Waals surface area contributed by atoms with Crippen molar-refractivity contribution in [2.45, 2.75) is 30.1 Å². The molecule has 1 rings (SSSR count). The molecule has 0 aliphatic carbocycles. The maximum atomic E-state index is 12.4. The summed E-state index contributed by atoms with van der Waals surface area (Å²) in [5, 5.41) is 8.86. The molecule has 1 unspecified atom stereocenters. The molecule has 0 saturated heterocycles. The summed E-state index contributed by atoms with van der Waals surface area (Å²) in [6, 6.07) is 4.96. The second kappa shape index (κ2) is 7.41. The molecule has 1 aromatic rings. The van der Waals surface area contributed by atoms with Crippen LogP contribution in [0.3, 0.4) is 0 Å². The van der Waals surface area contributed by atoms with E-state index in [2.05, 4.69) is 0 Å². The minimum atomic E-state index is -3.87. The monoisotopic (exact) mass is 363 g/mol. The van der Waals surface area contributed by atoms with E-state index in [1.165, 1.54) is 38.2 Å². The van der Waals surface area contributed by atoms with Crippen LogP contribution in [0.4, 0.5) is 0 Å². The molecule has 7 nitrogen and oxygen atoms in total. The lowest BCUT2D eigenvalue weighted by molar-refractivity contribution is -0.141. The lowest BCUT2D eigenvalue weighted by Gasteiger charge is -2.19. The predicted octanol–water partition coefficient (Wildman–Crippen LogP) is 1.21. The first-order chi connectivity index (χ1) is 10.5. The van der Waals surface area contributed by atoms with Crippen LogP contribution in [0, 0.1) is 5.92 Å². The third kappa shape index (κ3) is 4.76. The highest BCUT2D eigenvalue weighted by molar-refractivity contribution is 7.91. The zero-order valence-corrected chi connectivity index (χ0v) is 14.9. The van der Waals surface area contributed by atoms with Crippen LogP contribution >= 0.6 is 0 Å². The summed E-state index contributed by atoms with van der Waals surface area (Å²) < 4.78 is 49.5. The van der Waals surface area contributed by atoms with Gasteiger partial charge in [0.25, 0.3) is 0 Å². The number of carboxylic acid groups (broad SMARTS) is 1. The Bertz CT molecular complexity index is 753. The lowest BCUT2D eigenvalue weighted by atomic mass is 10.2. The highest BCUT2D eigenvalue weighted by Crippen LogP contribution is 2.19. The van der Waals surface area contributed by atoms with Gasteiger partial charge < -0.3 is 5.11 Å². The number of sulfone groups is 1. The van der Waals surface area contributed by atoms with Gasteiger partial charge in [0.05, 0.1) is 21.5 Å². The van der Waals surface area contributed by atoms with Gasteiger partial charge in [0, 0.05) is 13.6 Å². The molecular weight excluding hydrogens is 342 g/mol. The number of carboxylic acids is 1. The van der Waals surface area contributed by atoms with Crippen LogP contribution in [0.5, 0.6) is 0 Å². The Morgan fingerprint density at radius 2 is 1.61 bits per heavy atom. The van der Waals surface area contributed by atoms with E-state index in [0.29, 0.717) is 6.42 Å². The Hall–Kier alpha value is -1.45. The highest BCUT2D eigenvalue weighted by atomic mass is 32.2. The van der Waals surface area contributed by atoms with Gasteiger partial charge in [-0.25, -0.2) is 21.1 Å². The number of hydrogen-bond acceptors (Lipinski definition) is 5. The molecule has 0 aromatic heterocycles. The van der Waals surface area contributed by atoms with Gasteiger partial charge in [-0.3, -0.25) is 4.79 Å². The van der Waals surface area contributed by atoms with Gasteiger partial charge in [0.2, 0.25) is 10.0 Å². The van der Waals surface area contributed by atoms with E-state index in [0.717, 1.165) is 4.31 Å². The molecule has 0 spiro atoms. The molecule has 0 heterocycles. The Morgan fingerprint density at radius 1 is 1.13 bits per heavy atom. The fraction of sp³-hybridized carbons (Fsp3) is 0.500. The number of hydrogen-bond donors (Lipinski definition) is 1. The lowest BCUT2D eigenvalue weighted by Crippen LogP contribution is -2.33. The summed E-state index contributed by atoms with van der Waals surface area (Å²) in [6.45, 7) is 2.98. The van der Waals surface area contributed by atoms with E-state index in [4.69, 9.17) is 5.11 Å². The summed E-state index contributed by atoms with van der Waals surface area (Å²) in [5.74, 6) is -1.94. The van der Waals surface area contributed by atoms with Crippen LogP contribution in [0.25, 0.3) is 0 Å². The Kier molecular flexibility index (Phi) is 6.32. The van der Waals surface area contributed by atoms with Crippen molar-refractivity contribution >= 4 is 25.8 Å². The molecule has 0 saturated carbocycles. The average Bonchev–Trinajstić information content (AvgIpc) is 2.47. The van der Waals surface area contributed by atoms with E-state index in [9.17, 15) is 21.6 Å². The van der Waals surface area contributed by atoms with Crippen molar-refractivity contribution in [3.63, 3.8) is 0 Å². The third-order valence-electron chi connectivity index (χ3n) is 3.32. The number of sulfonamides is 1. The van der Waals surface area contributed by atoms with Crippen LogP contribution in [0.2, 0.25) is 0 Å².